The van der Waals surface area contributed by atoms with Gasteiger partial charge in [-0.25, -0.2) is 13.6 Å². The predicted molar refractivity (Wildman–Crippen MR) is 76.4 cm³/mol. The van der Waals surface area contributed by atoms with Crippen molar-refractivity contribution in [2.75, 3.05) is 31.3 Å². The second-order valence-corrected chi connectivity index (χ2v) is 5.84. The minimum Gasteiger partial charge on any atom is -0.397 e. The van der Waals surface area contributed by atoms with E-state index in [2.05, 4.69) is 5.32 Å². The molecule has 0 aromatic heterocycles. The molecular formula is C12H21N3O3S. The molecule has 19 heavy (non-hydrogen) atoms. The number of unbranched alkanes of at least 4 members (excludes halogenated alkanes) is 2. The summed E-state index contributed by atoms with van der Waals surface area (Å²) in [7, 11) is -2.02. The van der Waals surface area contributed by atoms with Crippen molar-refractivity contribution in [1.29, 1.82) is 0 Å². The first-order valence-electron chi connectivity index (χ1n) is 6.10. The Morgan fingerprint density at radius 3 is 2.63 bits per heavy atom. The van der Waals surface area contributed by atoms with Crippen molar-refractivity contribution in [2.45, 2.75) is 24.2 Å². The molecule has 1 aromatic carbocycles. The minimum absolute atomic E-state index is 0.0589. The second kappa shape index (κ2) is 7.32. The molecule has 0 saturated heterocycles. The molecule has 0 atom stereocenters. The summed E-state index contributed by atoms with van der Waals surface area (Å²) in [5.41, 5.74) is 6.88. The number of nitrogens with one attached hydrogen (secondary N) is 1. The number of hydrogen-bond acceptors (Lipinski definition) is 5. The number of methoxy groups -OCH3 is 1. The fraction of sp³-hybridized carbons (Fsp3) is 0.500. The number of nitrogens with two attached hydrogens (primary N) is 2. The maximum Gasteiger partial charge on any atom is 0.238 e. The van der Waals surface area contributed by atoms with Crippen LogP contribution in [0.5, 0.6) is 0 Å². The van der Waals surface area contributed by atoms with Crippen LogP contribution in [0.1, 0.15) is 19.3 Å². The van der Waals surface area contributed by atoms with Crippen LogP contribution in [-0.4, -0.2) is 28.7 Å². The minimum atomic E-state index is -3.70. The van der Waals surface area contributed by atoms with Gasteiger partial charge in [-0.3, -0.25) is 0 Å². The zero-order chi connectivity index (χ0) is 14.3. The number of primary sulfonamides is 1. The molecule has 0 aliphatic carbocycles. The Labute approximate surface area is 114 Å². The molecule has 5 N–H and O–H groups in total. The quantitative estimate of drug-likeness (QED) is 0.491. The number of ether oxygens (including phenoxy) is 1. The number of anilines is 2. The average molecular weight is 287 g/mol. The van der Waals surface area contributed by atoms with Gasteiger partial charge in [0.1, 0.15) is 0 Å². The van der Waals surface area contributed by atoms with E-state index in [1.807, 2.05) is 0 Å². The van der Waals surface area contributed by atoms with Gasteiger partial charge in [0, 0.05) is 20.3 Å². The third-order valence-electron chi connectivity index (χ3n) is 2.69. The normalized spacial score (nSPS) is 11.5. The first-order valence-corrected chi connectivity index (χ1v) is 7.65. The van der Waals surface area contributed by atoms with Crippen molar-refractivity contribution < 1.29 is 13.2 Å². The van der Waals surface area contributed by atoms with Crippen LogP contribution < -0.4 is 16.2 Å². The molecular weight excluding hydrogens is 266 g/mol. The number of hydrogen-bond donors (Lipinski definition) is 3. The van der Waals surface area contributed by atoms with E-state index in [-0.39, 0.29) is 4.90 Å². The highest BCUT2D eigenvalue weighted by molar-refractivity contribution is 7.89. The largest absolute Gasteiger partial charge is 0.397 e. The Morgan fingerprint density at radius 2 is 2.00 bits per heavy atom. The summed E-state index contributed by atoms with van der Waals surface area (Å²) in [6.45, 7) is 1.48. The van der Waals surface area contributed by atoms with Gasteiger partial charge >= 0.3 is 0 Å². The topological polar surface area (TPSA) is 107 Å². The van der Waals surface area contributed by atoms with E-state index in [1.165, 1.54) is 18.2 Å². The van der Waals surface area contributed by atoms with Crippen LogP contribution in [0, 0.1) is 0 Å². The Hall–Kier alpha value is -1.31. The molecule has 0 heterocycles. The van der Waals surface area contributed by atoms with Crippen LogP contribution in [-0.2, 0) is 14.8 Å². The van der Waals surface area contributed by atoms with Crippen LogP contribution in [0.25, 0.3) is 0 Å². The zero-order valence-corrected chi connectivity index (χ0v) is 11.9. The molecule has 0 aliphatic rings. The van der Waals surface area contributed by atoms with E-state index in [1.54, 1.807) is 7.11 Å². The third kappa shape index (κ3) is 5.46. The lowest BCUT2D eigenvalue weighted by Gasteiger charge is -2.10. The smallest absolute Gasteiger partial charge is 0.238 e. The summed E-state index contributed by atoms with van der Waals surface area (Å²) in [6.07, 6.45) is 3.00. The zero-order valence-electron chi connectivity index (χ0n) is 11.1. The summed E-state index contributed by atoms with van der Waals surface area (Å²) in [5, 5.41) is 8.19. The fourth-order valence-corrected chi connectivity index (χ4v) is 2.18. The molecule has 0 radical (unpaired) electrons. The molecule has 6 nitrogen and oxygen atoms in total. The van der Waals surface area contributed by atoms with Gasteiger partial charge < -0.3 is 15.8 Å². The van der Waals surface area contributed by atoms with E-state index in [0.717, 1.165) is 32.4 Å². The summed E-state index contributed by atoms with van der Waals surface area (Å²) in [5.74, 6) is 0. The van der Waals surface area contributed by atoms with Crippen LogP contribution in [0.15, 0.2) is 23.1 Å². The highest BCUT2D eigenvalue weighted by atomic mass is 32.2. The number of nitrogen functional groups attached to an aromatic ring is 1. The van der Waals surface area contributed by atoms with Crippen molar-refractivity contribution in [3.8, 4) is 0 Å². The number of sulfonamides is 1. The van der Waals surface area contributed by atoms with E-state index in [9.17, 15) is 8.42 Å². The van der Waals surface area contributed by atoms with Crippen molar-refractivity contribution >= 4 is 21.4 Å². The lowest BCUT2D eigenvalue weighted by molar-refractivity contribution is 0.192. The molecule has 1 aromatic rings. The van der Waals surface area contributed by atoms with Gasteiger partial charge in [0.05, 0.1) is 16.3 Å². The van der Waals surface area contributed by atoms with Gasteiger partial charge in [-0.05, 0) is 37.5 Å². The molecule has 7 heteroatoms. The SMILES string of the molecule is COCCCCCNc1cc(S(N)(=O)=O)ccc1N. The summed E-state index contributed by atoms with van der Waals surface area (Å²) < 4.78 is 27.4. The van der Waals surface area contributed by atoms with E-state index >= 15 is 0 Å². The Kier molecular flexibility index (Phi) is 6.07. The Bertz CT molecular complexity index is 503. The number of rotatable bonds is 8. The monoisotopic (exact) mass is 287 g/mol. The lowest BCUT2D eigenvalue weighted by atomic mass is 10.2. The highest BCUT2D eigenvalue weighted by Crippen LogP contribution is 2.22. The van der Waals surface area contributed by atoms with Gasteiger partial charge in [0.2, 0.25) is 10.0 Å². The standard InChI is InChI=1S/C12H21N3O3S/c1-18-8-4-2-3-7-15-12-9-10(19(14,16)17)5-6-11(12)13/h5-6,9,15H,2-4,7-8,13H2,1H3,(H2,14,16,17). The average Bonchev–Trinajstić information content (AvgIpc) is 2.34. The molecule has 0 saturated carbocycles. The third-order valence-corrected chi connectivity index (χ3v) is 3.60. The predicted octanol–water partition coefficient (Wildman–Crippen LogP) is 1.14. The molecule has 1 rings (SSSR count). The van der Waals surface area contributed by atoms with Crippen LogP contribution in [0.3, 0.4) is 0 Å². The summed E-state index contributed by atoms with van der Waals surface area (Å²) >= 11 is 0. The van der Waals surface area contributed by atoms with Gasteiger partial charge in [-0.15, -0.1) is 0 Å². The molecule has 108 valence electrons. The second-order valence-electron chi connectivity index (χ2n) is 4.27. The van der Waals surface area contributed by atoms with Crippen molar-refractivity contribution in [2.24, 2.45) is 5.14 Å². The highest BCUT2D eigenvalue weighted by Gasteiger charge is 2.09. The van der Waals surface area contributed by atoms with Crippen LogP contribution in [0.2, 0.25) is 0 Å². The van der Waals surface area contributed by atoms with Crippen molar-refractivity contribution in [1.82, 2.24) is 0 Å². The van der Waals surface area contributed by atoms with Gasteiger partial charge in [0.25, 0.3) is 0 Å². The van der Waals surface area contributed by atoms with Gasteiger partial charge in [-0.1, -0.05) is 0 Å². The van der Waals surface area contributed by atoms with Crippen LogP contribution >= 0.6 is 0 Å². The maximum absolute atomic E-state index is 11.2. The Morgan fingerprint density at radius 1 is 1.26 bits per heavy atom. The van der Waals surface area contributed by atoms with Gasteiger partial charge in [0.15, 0.2) is 0 Å². The molecule has 0 aliphatic heterocycles. The van der Waals surface area contributed by atoms with Gasteiger partial charge in [-0.2, -0.15) is 0 Å². The molecule has 0 amide bonds. The molecule has 0 bridgehead atoms. The van der Waals surface area contributed by atoms with E-state index in [0.29, 0.717) is 11.4 Å². The maximum atomic E-state index is 11.2. The fourth-order valence-electron chi connectivity index (χ4n) is 1.64. The van der Waals surface area contributed by atoms with Crippen molar-refractivity contribution in [3.63, 3.8) is 0 Å². The molecule has 0 unspecified atom stereocenters. The first kappa shape index (κ1) is 15.7. The van der Waals surface area contributed by atoms with E-state index < -0.39 is 10.0 Å². The Balaban J connectivity index is 2.53. The summed E-state index contributed by atoms with van der Waals surface area (Å²) in [6, 6.07) is 4.39. The lowest BCUT2D eigenvalue weighted by Crippen LogP contribution is -2.13. The van der Waals surface area contributed by atoms with Crippen LogP contribution in [0.4, 0.5) is 11.4 Å². The molecule has 0 fully saturated rings. The van der Waals surface area contributed by atoms with Crippen molar-refractivity contribution in [3.05, 3.63) is 18.2 Å². The van der Waals surface area contributed by atoms with E-state index in [4.69, 9.17) is 15.6 Å². The first-order chi connectivity index (χ1) is 8.95. The number of benzene rings is 1. The molecule has 0 spiro atoms. The summed E-state index contributed by atoms with van der Waals surface area (Å²) in [4.78, 5) is 0.0589.